The molecule has 0 unspecified atom stereocenters. The number of hydrogen-bond donors (Lipinski definition) is 3. The van der Waals surface area contributed by atoms with Gasteiger partial charge in [0.1, 0.15) is 0 Å². The van der Waals surface area contributed by atoms with Gasteiger partial charge in [0.15, 0.2) is 5.11 Å². The summed E-state index contributed by atoms with van der Waals surface area (Å²) in [5, 5.41) is 4.73. The van der Waals surface area contributed by atoms with Crippen molar-refractivity contribution in [3.8, 4) is 0 Å². The van der Waals surface area contributed by atoms with Crippen molar-refractivity contribution in [3.05, 3.63) is 83.4 Å². The van der Waals surface area contributed by atoms with Crippen molar-refractivity contribution < 1.29 is 9.59 Å². The fourth-order valence-corrected chi connectivity index (χ4v) is 2.96. The normalized spacial score (nSPS) is 10.3. The van der Waals surface area contributed by atoms with Crippen molar-refractivity contribution in [2.45, 2.75) is 13.3 Å². The molecule has 3 aromatic rings. The second kappa shape index (κ2) is 8.42. The van der Waals surface area contributed by atoms with E-state index in [0.717, 1.165) is 21.9 Å². The highest BCUT2D eigenvalue weighted by molar-refractivity contribution is 7.80. The van der Waals surface area contributed by atoms with E-state index in [1.54, 1.807) is 18.2 Å². The third-order valence-corrected chi connectivity index (χ3v) is 4.26. The Morgan fingerprint density at radius 2 is 1.67 bits per heavy atom. The average molecular weight is 377 g/mol. The molecule has 5 nitrogen and oxygen atoms in total. The van der Waals surface area contributed by atoms with Gasteiger partial charge in [-0.25, -0.2) is 0 Å². The van der Waals surface area contributed by atoms with Gasteiger partial charge in [-0.2, -0.15) is 0 Å². The molecule has 27 heavy (non-hydrogen) atoms. The van der Waals surface area contributed by atoms with Crippen LogP contribution in [0.25, 0.3) is 10.8 Å². The quantitative estimate of drug-likeness (QED) is 0.485. The van der Waals surface area contributed by atoms with Crippen molar-refractivity contribution in [2.24, 2.45) is 0 Å². The summed E-state index contributed by atoms with van der Waals surface area (Å²) in [7, 11) is 0. The van der Waals surface area contributed by atoms with Crippen molar-refractivity contribution in [2.75, 3.05) is 0 Å². The number of carbonyl (C=O) groups excluding carboxylic acids is 2. The standard InChI is InChI=1S/C21H19N3O2S/c1-14-6-4-10-17(12-14)20(26)23-24-21(27)22-19(25)13-16-9-5-8-15-7-2-3-11-18(15)16/h2-12H,13H2,1H3,(H,23,26)(H2,22,24,25,27). The Labute approximate surface area is 162 Å². The van der Waals surface area contributed by atoms with Crippen LogP contribution in [0.5, 0.6) is 0 Å². The molecule has 0 aliphatic carbocycles. The number of amides is 2. The van der Waals surface area contributed by atoms with Crippen LogP contribution in [0.1, 0.15) is 21.5 Å². The predicted molar refractivity (Wildman–Crippen MR) is 110 cm³/mol. The van der Waals surface area contributed by atoms with E-state index >= 15 is 0 Å². The number of aryl methyl sites for hydroxylation is 1. The SMILES string of the molecule is Cc1cccc(C(=O)NNC(=S)NC(=O)Cc2cccc3ccccc23)c1. The van der Waals surface area contributed by atoms with Gasteiger partial charge in [0.25, 0.3) is 5.91 Å². The number of thiocarbonyl (C=S) groups is 1. The molecule has 0 fully saturated rings. The molecule has 0 radical (unpaired) electrons. The molecule has 0 atom stereocenters. The Kier molecular flexibility index (Phi) is 5.78. The molecule has 0 saturated heterocycles. The lowest BCUT2D eigenvalue weighted by Crippen LogP contribution is -2.48. The van der Waals surface area contributed by atoms with Crippen LogP contribution in [0.3, 0.4) is 0 Å². The van der Waals surface area contributed by atoms with E-state index in [0.29, 0.717) is 5.56 Å². The van der Waals surface area contributed by atoms with E-state index in [4.69, 9.17) is 12.2 Å². The van der Waals surface area contributed by atoms with E-state index in [1.165, 1.54) is 0 Å². The van der Waals surface area contributed by atoms with Gasteiger partial charge in [-0.15, -0.1) is 0 Å². The van der Waals surface area contributed by atoms with E-state index in [9.17, 15) is 9.59 Å². The molecule has 6 heteroatoms. The minimum absolute atomic E-state index is 0.0428. The van der Waals surface area contributed by atoms with Crippen molar-refractivity contribution >= 4 is 39.9 Å². The molecular weight excluding hydrogens is 358 g/mol. The molecule has 0 spiro atoms. The zero-order chi connectivity index (χ0) is 19.2. The van der Waals surface area contributed by atoms with Gasteiger partial charge in [-0.3, -0.25) is 20.4 Å². The number of nitrogens with one attached hydrogen (secondary N) is 3. The minimum Gasteiger partial charge on any atom is -0.302 e. The van der Waals surface area contributed by atoms with Gasteiger partial charge < -0.3 is 5.32 Å². The summed E-state index contributed by atoms with van der Waals surface area (Å²) in [6.45, 7) is 1.91. The number of carbonyl (C=O) groups is 2. The van der Waals surface area contributed by atoms with Crippen LogP contribution in [0.2, 0.25) is 0 Å². The maximum absolute atomic E-state index is 12.3. The van der Waals surface area contributed by atoms with Crippen molar-refractivity contribution in [1.82, 2.24) is 16.2 Å². The molecule has 3 aromatic carbocycles. The van der Waals surface area contributed by atoms with Crippen molar-refractivity contribution in [3.63, 3.8) is 0 Å². The Morgan fingerprint density at radius 3 is 2.48 bits per heavy atom. The van der Waals surface area contributed by atoms with Crippen molar-refractivity contribution in [1.29, 1.82) is 0 Å². The molecule has 0 aromatic heterocycles. The Hall–Kier alpha value is -3.25. The minimum atomic E-state index is -0.329. The highest BCUT2D eigenvalue weighted by atomic mass is 32.1. The molecule has 0 heterocycles. The number of hydrogen-bond acceptors (Lipinski definition) is 3. The molecule has 2 amide bonds. The molecule has 3 N–H and O–H groups in total. The van der Waals surface area contributed by atoms with Crippen LogP contribution in [0.4, 0.5) is 0 Å². The van der Waals surface area contributed by atoms with E-state index < -0.39 is 0 Å². The lowest BCUT2D eigenvalue weighted by atomic mass is 10.0. The van der Waals surface area contributed by atoms with Gasteiger partial charge >= 0.3 is 0 Å². The summed E-state index contributed by atoms with van der Waals surface area (Å²) in [6.07, 6.45) is 0.189. The van der Waals surface area contributed by atoms with Crippen LogP contribution < -0.4 is 16.2 Å². The zero-order valence-electron chi connectivity index (χ0n) is 14.8. The lowest BCUT2D eigenvalue weighted by molar-refractivity contribution is -0.119. The molecule has 0 saturated carbocycles. The molecule has 0 aliphatic rings. The largest absolute Gasteiger partial charge is 0.302 e. The highest BCUT2D eigenvalue weighted by Crippen LogP contribution is 2.18. The molecule has 0 aliphatic heterocycles. The first kappa shape index (κ1) is 18.5. The number of rotatable bonds is 3. The van der Waals surface area contributed by atoms with E-state index in [-0.39, 0.29) is 23.3 Å². The first-order valence-corrected chi connectivity index (χ1v) is 8.87. The summed E-state index contributed by atoms with van der Waals surface area (Å²) >= 11 is 5.08. The topological polar surface area (TPSA) is 70.2 Å². The average Bonchev–Trinajstić information content (AvgIpc) is 2.66. The zero-order valence-corrected chi connectivity index (χ0v) is 15.6. The third-order valence-electron chi connectivity index (χ3n) is 4.05. The lowest BCUT2D eigenvalue weighted by Gasteiger charge is -2.12. The van der Waals surface area contributed by atoms with Gasteiger partial charge in [-0.1, -0.05) is 60.2 Å². The fourth-order valence-electron chi connectivity index (χ4n) is 2.79. The molecule has 3 rings (SSSR count). The third kappa shape index (κ3) is 4.89. The van der Waals surface area contributed by atoms with E-state index in [1.807, 2.05) is 55.5 Å². The predicted octanol–water partition coefficient (Wildman–Crippen LogP) is 3.03. The summed E-state index contributed by atoms with van der Waals surface area (Å²) in [4.78, 5) is 24.4. The Bertz CT molecular complexity index is 1010. The van der Waals surface area contributed by atoms with Crippen LogP contribution in [-0.2, 0) is 11.2 Å². The van der Waals surface area contributed by atoms with Gasteiger partial charge in [0.2, 0.25) is 5.91 Å². The van der Waals surface area contributed by atoms with Crippen LogP contribution in [-0.4, -0.2) is 16.9 Å². The van der Waals surface area contributed by atoms with Crippen LogP contribution in [0, 0.1) is 6.92 Å². The van der Waals surface area contributed by atoms with Crippen LogP contribution in [0.15, 0.2) is 66.7 Å². The molecular formula is C21H19N3O2S. The Morgan fingerprint density at radius 1 is 0.926 bits per heavy atom. The number of fused-ring (bicyclic) bond motifs is 1. The summed E-state index contributed by atoms with van der Waals surface area (Å²) in [6, 6.07) is 20.9. The summed E-state index contributed by atoms with van der Waals surface area (Å²) in [5.41, 5.74) is 7.44. The highest BCUT2D eigenvalue weighted by Gasteiger charge is 2.10. The van der Waals surface area contributed by atoms with E-state index in [2.05, 4.69) is 16.2 Å². The maximum Gasteiger partial charge on any atom is 0.269 e. The molecule has 0 bridgehead atoms. The first-order chi connectivity index (χ1) is 13.0. The number of hydrazine groups is 1. The van der Waals surface area contributed by atoms with Crippen LogP contribution >= 0.6 is 12.2 Å². The summed E-state index contributed by atoms with van der Waals surface area (Å²) in [5.74, 6) is -0.585. The second-order valence-electron chi connectivity index (χ2n) is 6.14. The number of benzene rings is 3. The van der Waals surface area contributed by atoms with Gasteiger partial charge in [0, 0.05) is 5.56 Å². The summed E-state index contributed by atoms with van der Waals surface area (Å²) < 4.78 is 0. The fraction of sp³-hybridized carbons (Fsp3) is 0.0952. The monoisotopic (exact) mass is 377 g/mol. The maximum atomic E-state index is 12.3. The van der Waals surface area contributed by atoms with Gasteiger partial charge in [0.05, 0.1) is 6.42 Å². The smallest absolute Gasteiger partial charge is 0.269 e. The second-order valence-corrected chi connectivity index (χ2v) is 6.55. The van der Waals surface area contributed by atoms with Gasteiger partial charge in [-0.05, 0) is 47.6 Å². The first-order valence-electron chi connectivity index (χ1n) is 8.46. The molecule has 136 valence electrons. The Balaban J connectivity index is 1.54.